The Hall–Kier alpha value is -2.73. The molecule has 6 nitrogen and oxygen atoms in total. The molecule has 2 aliphatic heterocycles. The van der Waals surface area contributed by atoms with Crippen molar-refractivity contribution in [1.29, 1.82) is 0 Å². The van der Waals surface area contributed by atoms with Crippen LogP contribution in [0.3, 0.4) is 0 Å². The van der Waals surface area contributed by atoms with Crippen LogP contribution < -0.4 is 11.1 Å². The first-order valence-electron chi connectivity index (χ1n) is 14.6. The largest absolute Gasteiger partial charge is 0.329 e. The maximum absolute atomic E-state index is 14.0. The van der Waals surface area contributed by atoms with Crippen molar-refractivity contribution < 1.29 is 0 Å². The molecule has 2 aromatic heterocycles. The third-order valence-electron chi connectivity index (χ3n) is 9.99. The molecule has 2 saturated heterocycles. The number of nitrogens with zero attached hydrogens (tertiary/aromatic N) is 3. The molecule has 3 aromatic rings. The molecule has 0 radical (unpaired) electrons. The van der Waals surface area contributed by atoms with E-state index in [2.05, 4.69) is 9.88 Å². The van der Waals surface area contributed by atoms with Gasteiger partial charge in [0.1, 0.15) is 5.69 Å². The zero-order valence-electron chi connectivity index (χ0n) is 21.6. The fraction of sp³-hybridized carbons (Fsp3) is 0.581. The van der Waals surface area contributed by atoms with Crippen LogP contribution in [0.4, 0.5) is 0 Å². The third kappa shape index (κ3) is 4.27. The summed E-state index contributed by atoms with van der Waals surface area (Å²) in [4.78, 5) is 36.4. The molecule has 0 spiro atoms. The van der Waals surface area contributed by atoms with Crippen LogP contribution in [0.5, 0.6) is 0 Å². The lowest BCUT2D eigenvalue weighted by atomic mass is 9.73. The van der Waals surface area contributed by atoms with Gasteiger partial charge in [0.15, 0.2) is 0 Å². The van der Waals surface area contributed by atoms with E-state index in [1.54, 1.807) is 12.3 Å². The molecular weight excluding hydrogens is 460 g/mol. The Morgan fingerprint density at radius 2 is 1.49 bits per heavy atom. The molecule has 1 aromatic carbocycles. The van der Waals surface area contributed by atoms with Crippen molar-refractivity contribution in [2.24, 2.45) is 11.8 Å². The van der Waals surface area contributed by atoms with E-state index in [9.17, 15) is 9.59 Å². The number of aromatic amines is 1. The first-order valence-corrected chi connectivity index (χ1v) is 14.6. The Morgan fingerprint density at radius 3 is 2.22 bits per heavy atom. The second-order valence-electron chi connectivity index (χ2n) is 12.3. The predicted molar refractivity (Wildman–Crippen MR) is 147 cm³/mol. The molecule has 4 fully saturated rings. The molecule has 0 amide bonds. The molecule has 4 aliphatic rings. The van der Waals surface area contributed by atoms with E-state index in [4.69, 9.17) is 4.98 Å². The highest BCUT2D eigenvalue weighted by Gasteiger charge is 2.45. The summed E-state index contributed by atoms with van der Waals surface area (Å²) in [5.74, 6) is 1.85. The van der Waals surface area contributed by atoms with Gasteiger partial charge in [0, 0.05) is 42.0 Å². The van der Waals surface area contributed by atoms with Crippen molar-refractivity contribution in [2.75, 3.05) is 0 Å². The summed E-state index contributed by atoms with van der Waals surface area (Å²) < 4.78 is 2.04. The highest BCUT2D eigenvalue weighted by molar-refractivity contribution is 5.78. The zero-order valence-corrected chi connectivity index (χ0v) is 21.6. The second kappa shape index (κ2) is 9.54. The molecule has 2 aliphatic carbocycles. The Balaban J connectivity index is 1.26. The fourth-order valence-electron chi connectivity index (χ4n) is 8.60. The summed E-state index contributed by atoms with van der Waals surface area (Å²) in [5.41, 5.74) is 2.44. The van der Waals surface area contributed by atoms with Crippen molar-refractivity contribution in [2.45, 2.75) is 101 Å². The van der Waals surface area contributed by atoms with Crippen LogP contribution in [0.25, 0.3) is 22.3 Å². The van der Waals surface area contributed by atoms with Crippen molar-refractivity contribution in [3.8, 4) is 11.3 Å². The third-order valence-corrected chi connectivity index (χ3v) is 9.99. The second-order valence-corrected chi connectivity index (χ2v) is 12.3. The highest BCUT2D eigenvalue weighted by atomic mass is 16.1. The van der Waals surface area contributed by atoms with Gasteiger partial charge in [-0.05, 0) is 75.0 Å². The average Bonchev–Trinajstić information content (AvgIpc) is 3.07. The molecule has 194 valence electrons. The maximum atomic E-state index is 14.0. The molecule has 6 atom stereocenters. The SMILES string of the molecule is O=c1cc(-c2nc3ccccc3n(C3C[C@H]4CCC[C@@H](C3)N4C3C[C@H]4CCCC[C@@H](C3)C4)c2=O)cc[nH]1. The monoisotopic (exact) mass is 498 g/mol. The minimum atomic E-state index is -0.214. The molecule has 1 N–H and O–H groups in total. The molecule has 37 heavy (non-hydrogen) atoms. The van der Waals surface area contributed by atoms with E-state index in [0.29, 0.717) is 23.3 Å². The van der Waals surface area contributed by atoms with E-state index < -0.39 is 0 Å². The number of aromatic nitrogens is 3. The topological polar surface area (TPSA) is 71.0 Å². The average molecular weight is 499 g/mol. The maximum Gasteiger partial charge on any atom is 0.277 e. The molecule has 7 rings (SSSR count). The molecule has 4 bridgehead atoms. The van der Waals surface area contributed by atoms with Crippen LogP contribution in [0.15, 0.2) is 52.2 Å². The smallest absolute Gasteiger partial charge is 0.277 e. The van der Waals surface area contributed by atoms with Gasteiger partial charge in [0.25, 0.3) is 5.56 Å². The lowest BCUT2D eigenvalue weighted by Crippen LogP contribution is -2.58. The summed E-state index contributed by atoms with van der Waals surface area (Å²) in [5, 5.41) is 0. The lowest BCUT2D eigenvalue weighted by molar-refractivity contribution is -0.0420. The Kier molecular flexibility index (Phi) is 6.03. The van der Waals surface area contributed by atoms with Gasteiger partial charge in [0.2, 0.25) is 5.56 Å². The van der Waals surface area contributed by atoms with E-state index in [-0.39, 0.29) is 17.2 Å². The van der Waals surface area contributed by atoms with Gasteiger partial charge in [-0.3, -0.25) is 14.5 Å². The van der Waals surface area contributed by atoms with Crippen LogP contribution in [-0.2, 0) is 0 Å². The number of para-hydroxylation sites is 2. The number of hydrogen-bond donors (Lipinski definition) is 1. The van der Waals surface area contributed by atoms with Crippen molar-refractivity contribution in [3.63, 3.8) is 0 Å². The summed E-state index contributed by atoms with van der Waals surface area (Å²) in [6.45, 7) is 0. The summed E-state index contributed by atoms with van der Waals surface area (Å²) in [6, 6.07) is 13.3. The number of rotatable bonds is 3. The minimum absolute atomic E-state index is 0.0653. The van der Waals surface area contributed by atoms with Gasteiger partial charge in [-0.1, -0.05) is 44.2 Å². The molecule has 6 heteroatoms. The Morgan fingerprint density at radius 1 is 0.757 bits per heavy atom. The molecular formula is C31H38N4O2. The van der Waals surface area contributed by atoms with Gasteiger partial charge < -0.3 is 9.55 Å². The van der Waals surface area contributed by atoms with Gasteiger partial charge in [0.05, 0.1) is 11.0 Å². The zero-order chi connectivity index (χ0) is 24.9. The van der Waals surface area contributed by atoms with E-state index in [1.165, 1.54) is 70.3 Å². The van der Waals surface area contributed by atoms with Crippen LogP contribution in [0.2, 0.25) is 0 Å². The quantitative estimate of drug-likeness (QED) is 0.505. The number of fused-ring (bicyclic) bond motifs is 5. The summed E-state index contributed by atoms with van der Waals surface area (Å²) >= 11 is 0. The van der Waals surface area contributed by atoms with E-state index in [0.717, 1.165) is 41.8 Å². The van der Waals surface area contributed by atoms with Crippen LogP contribution in [0.1, 0.15) is 83.1 Å². The van der Waals surface area contributed by atoms with Crippen LogP contribution in [0, 0.1) is 11.8 Å². The predicted octanol–water partition coefficient (Wildman–Crippen LogP) is 5.67. The Labute approximate surface area is 218 Å². The van der Waals surface area contributed by atoms with E-state index >= 15 is 0 Å². The normalized spacial score (nSPS) is 32.2. The molecule has 2 saturated carbocycles. The van der Waals surface area contributed by atoms with Crippen molar-refractivity contribution >= 4 is 11.0 Å². The van der Waals surface area contributed by atoms with Gasteiger partial charge in [-0.15, -0.1) is 0 Å². The van der Waals surface area contributed by atoms with Gasteiger partial charge in [-0.2, -0.15) is 0 Å². The van der Waals surface area contributed by atoms with Crippen molar-refractivity contribution in [1.82, 2.24) is 19.4 Å². The standard InChI is InChI=1S/C31H38N4O2/c36-29-17-22(12-13-32-29)30-31(37)35(28-11-4-3-10-27(28)33-30)26-18-23-8-5-9-24(19-26)34(23)25-15-20-6-1-2-7-21(14-20)16-25/h3-4,10-13,17,20-21,23-26H,1-2,5-9,14-16,18-19H2,(H,32,36)/t20-,21+,23-,24+,25?,26?. The lowest BCUT2D eigenvalue weighted by Gasteiger charge is -2.54. The number of benzene rings is 1. The first kappa shape index (κ1) is 23.4. The van der Waals surface area contributed by atoms with Crippen LogP contribution >= 0.6 is 0 Å². The highest BCUT2D eigenvalue weighted by Crippen LogP contribution is 2.47. The molecule has 4 heterocycles. The minimum Gasteiger partial charge on any atom is -0.329 e. The fourth-order valence-corrected chi connectivity index (χ4v) is 8.60. The number of pyridine rings is 1. The van der Waals surface area contributed by atoms with Gasteiger partial charge in [-0.25, -0.2) is 4.98 Å². The van der Waals surface area contributed by atoms with E-state index in [1.807, 2.05) is 28.8 Å². The van der Waals surface area contributed by atoms with Crippen LogP contribution in [-0.4, -0.2) is 37.6 Å². The van der Waals surface area contributed by atoms with Gasteiger partial charge >= 0.3 is 0 Å². The summed E-state index contributed by atoms with van der Waals surface area (Å²) in [7, 11) is 0. The number of nitrogens with one attached hydrogen (secondary N) is 1. The van der Waals surface area contributed by atoms with Crippen molar-refractivity contribution in [3.05, 3.63) is 63.3 Å². The summed E-state index contributed by atoms with van der Waals surface area (Å²) in [6.07, 6.45) is 17.4. The first-order chi connectivity index (χ1) is 18.1. The number of hydrogen-bond acceptors (Lipinski definition) is 4. The Bertz CT molecular complexity index is 1380. The molecule has 2 unspecified atom stereocenters. The number of H-pyrrole nitrogens is 1. The number of piperidine rings is 2.